The molecular weight excluding hydrogens is 308 g/mol. The molecule has 0 radical (unpaired) electrons. The Balaban J connectivity index is 2.10. The van der Waals surface area contributed by atoms with Gasteiger partial charge in [-0.05, 0) is 18.2 Å². The fourth-order valence-electron chi connectivity index (χ4n) is 1.49. The predicted octanol–water partition coefficient (Wildman–Crippen LogP) is 4.62. The van der Waals surface area contributed by atoms with Crippen molar-refractivity contribution in [2.45, 2.75) is 6.61 Å². The zero-order chi connectivity index (χ0) is 14.7. The van der Waals surface area contributed by atoms with Crippen LogP contribution >= 0.6 is 23.2 Å². The molecule has 2 aromatic rings. The molecule has 7 heteroatoms. The fourth-order valence-corrected chi connectivity index (χ4v) is 1.84. The van der Waals surface area contributed by atoms with Crippen molar-refractivity contribution >= 4 is 28.9 Å². The van der Waals surface area contributed by atoms with Crippen LogP contribution in [0.15, 0.2) is 36.4 Å². The van der Waals surface area contributed by atoms with Gasteiger partial charge in [-0.3, -0.25) is 10.1 Å². The van der Waals surface area contributed by atoms with Crippen LogP contribution in [-0.2, 0) is 6.61 Å². The number of non-ortho nitro benzene ring substituents is 1. The van der Waals surface area contributed by atoms with E-state index < -0.39 is 10.7 Å². The van der Waals surface area contributed by atoms with Crippen molar-refractivity contribution in [2.24, 2.45) is 0 Å². The van der Waals surface area contributed by atoms with Gasteiger partial charge in [0.1, 0.15) is 18.2 Å². The molecule has 2 aromatic carbocycles. The van der Waals surface area contributed by atoms with Gasteiger partial charge in [0.15, 0.2) is 0 Å². The highest BCUT2D eigenvalue weighted by atomic mass is 35.5. The highest BCUT2D eigenvalue weighted by molar-refractivity contribution is 6.31. The largest absolute Gasteiger partial charge is 0.489 e. The third-order valence-electron chi connectivity index (χ3n) is 2.53. The summed E-state index contributed by atoms with van der Waals surface area (Å²) in [6, 6.07) is 8.11. The molecule has 0 atom stereocenters. The molecule has 0 aliphatic carbocycles. The molecule has 0 saturated heterocycles. The molecule has 0 aromatic heterocycles. The van der Waals surface area contributed by atoms with Crippen LogP contribution in [0.4, 0.5) is 10.1 Å². The van der Waals surface area contributed by atoms with Crippen molar-refractivity contribution in [1.82, 2.24) is 0 Å². The molecule has 0 aliphatic heterocycles. The average molecular weight is 316 g/mol. The van der Waals surface area contributed by atoms with E-state index in [2.05, 4.69) is 0 Å². The van der Waals surface area contributed by atoms with Crippen molar-refractivity contribution in [1.29, 1.82) is 0 Å². The quantitative estimate of drug-likeness (QED) is 0.611. The molecule has 0 heterocycles. The van der Waals surface area contributed by atoms with Gasteiger partial charge in [-0.25, -0.2) is 4.39 Å². The lowest BCUT2D eigenvalue weighted by molar-refractivity contribution is -0.384. The number of hydrogen-bond acceptors (Lipinski definition) is 3. The van der Waals surface area contributed by atoms with Crippen LogP contribution in [0.25, 0.3) is 0 Å². The van der Waals surface area contributed by atoms with E-state index in [9.17, 15) is 14.5 Å². The standard InChI is InChI=1S/C13H8Cl2FNO3/c14-11-4-3-10(6-13(11)16)20-7-8-1-2-9(17(18)19)5-12(8)15/h1-6H,7H2. The minimum absolute atomic E-state index is 0.00529. The van der Waals surface area contributed by atoms with Crippen LogP contribution in [0.3, 0.4) is 0 Å². The number of nitro benzene ring substituents is 1. The lowest BCUT2D eigenvalue weighted by Gasteiger charge is -2.08. The van der Waals surface area contributed by atoms with Crippen LogP contribution in [0.2, 0.25) is 10.0 Å². The molecule has 0 fully saturated rings. The first-order valence-corrected chi connectivity index (χ1v) is 6.23. The van der Waals surface area contributed by atoms with Gasteiger partial charge in [-0.2, -0.15) is 0 Å². The van der Waals surface area contributed by atoms with Gasteiger partial charge in [0, 0.05) is 23.8 Å². The molecule has 2 rings (SSSR count). The van der Waals surface area contributed by atoms with Gasteiger partial charge in [0.25, 0.3) is 5.69 Å². The van der Waals surface area contributed by atoms with Crippen LogP contribution in [0.1, 0.15) is 5.56 Å². The van der Waals surface area contributed by atoms with Crippen LogP contribution in [-0.4, -0.2) is 4.92 Å². The number of nitro groups is 1. The summed E-state index contributed by atoms with van der Waals surface area (Å²) in [5.41, 5.74) is 0.462. The Morgan fingerprint density at radius 3 is 2.50 bits per heavy atom. The van der Waals surface area contributed by atoms with Crippen LogP contribution in [0, 0.1) is 15.9 Å². The fraction of sp³-hybridized carbons (Fsp3) is 0.0769. The number of rotatable bonds is 4. The molecule has 20 heavy (non-hydrogen) atoms. The first-order valence-electron chi connectivity index (χ1n) is 5.48. The number of nitrogens with zero attached hydrogens (tertiary/aromatic N) is 1. The number of benzene rings is 2. The Hall–Kier alpha value is -1.85. The molecule has 0 saturated carbocycles. The Kier molecular flexibility index (Phi) is 4.42. The second-order valence-corrected chi connectivity index (χ2v) is 4.71. The average Bonchev–Trinajstić information content (AvgIpc) is 2.41. The maximum Gasteiger partial charge on any atom is 0.270 e. The number of halogens is 3. The predicted molar refractivity (Wildman–Crippen MR) is 73.8 cm³/mol. The van der Waals surface area contributed by atoms with Crippen molar-refractivity contribution in [3.63, 3.8) is 0 Å². The van der Waals surface area contributed by atoms with E-state index >= 15 is 0 Å². The van der Waals surface area contributed by atoms with Gasteiger partial charge in [0.2, 0.25) is 0 Å². The number of hydrogen-bond donors (Lipinski definition) is 0. The minimum atomic E-state index is -0.584. The Morgan fingerprint density at radius 1 is 1.15 bits per heavy atom. The molecule has 0 amide bonds. The summed E-state index contributed by atoms with van der Waals surface area (Å²) in [6.07, 6.45) is 0. The normalized spacial score (nSPS) is 10.3. The monoisotopic (exact) mass is 315 g/mol. The maximum atomic E-state index is 13.2. The van der Waals surface area contributed by atoms with Crippen molar-refractivity contribution < 1.29 is 14.1 Å². The summed E-state index contributed by atoms with van der Waals surface area (Å²) in [5, 5.41) is 10.8. The van der Waals surface area contributed by atoms with E-state index in [4.69, 9.17) is 27.9 Å². The Morgan fingerprint density at radius 2 is 1.90 bits per heavy atom. The van der Waals surface area contributed by atoms with Crippen LogP contribution in [0.5, 0.6) is 5.75 Å². The van der Waals surface area contributed by atoms with Crippen molar-refractivity contribution in [3.05, 3.63) is 67.9 Å². The third kappa shape index (κ3) is 3.37. The molecule has 0 unspecified atom stereocenters. The van der Waals surface area contributed by atoms with Gasteiger partial charge in [0.05, 0.1) is 15.0 Å². The molecule has 0 aliphatic rings. The van der Waals surface area contributed by atoms with Gasteiger partial charge < -0.3 is 4.74 Å². The number of ether oxygens (including phenoxy) is 1. The van der Waals surface area contributed by atoms with E-state index in [-0.39, 0.29) is 22.3 Å². The van der Waals surface area contributed by atoms with Crippen molar-refractivity contribution in [3.8, 4) is 5.75 Å². The molecule has 0 bridgehead atoms. The molecule has 0 spiro atoms. The summed E-state index contributed by atoms with van der Waals surface area (Å²) in [5.74, 6) is -0.291. The maximum absolute atomic E-state index is 13.2. The summed E-state index contributed by atoms with van der Waals surface area (Å²) < 4.78 is 18.6. The lowest BCUT2D eigenvalue weighted by Crippen LogP contribution is -1.98. The lowest BCUT2D eigenvalue weighted by atomic mass is 10.2. The summed E-state index contributed by atoms with van der Waals surface area (Å²) in [6.45, 7) is 0.0674. The molecule has 0 N–H and O–H groups in total. The van der Waals surface area contributed by atoms with Crippen molar-refractivity contribution in [2.75, 3.05) is 0 Å². The SMILES string of the molecule is O=[N+]([O-])c1ccc(COc2ccc(Cl)c(F)c2)c(Cl)c1. The zero-order valence-electron chi connectivity index (χ0n) is 9.98. The first kappa shape index (κ1) is 14.6. The first-order chi connectivity index (χ1) is 9.47. The summed E-state index contributed by atoms with van der Waals surface area (Å²) in [4.78, 5) is 10.0. The third-order valence-corrected chi connectivity index (χ3v) is 3.19. The van der Waals surface area contributed by atoms with E-state index in [0.717, 1.165) is 6.07 Å². The second-order valence-electron chi connectivity index (χ2n) is 3.90. The summed E-state index contributed by atoms with van der Waals surface area (Å²) >= 11 is 11.5. The highest BCUT2D eigenvalue weighted by Gasteiger charge is 2.10. The highest BCUT2D eigenvalue weighted by Crippen LogP contribution is 2.25. The minimum Gasteiger partial charge on any atom is -0.489 e. The summed E-state index contributed by atoms with van der Waals surface area (Å²) in [7, 11) is 0. The zero-order valence-corrected chi connectivity index (χ0v) is 11.5. The topological polar surface area (TPSA) is 52.4 Å². The van der Waals surface area contributed by atoms with Gasteiger partial charge >= 0.3 is 0 Å². The molecule has 4 nitrogen and oxygen atoms in total. The van der Waals surface area contributed by atoms with E-state index in [1.807, 2.05) is 0 Å². The Bertz CT molecular complexity index is 664. The van der Waals surface area contributed by atoms with Gasteiger partial charge in [-0.15, -0.1) is 0 Å². The van der Waals surface area contributed by atoms with E-state index in [1.165, 1.54) is 30.3 Å². The molecule has 104 valence electrons. The molecular formula is C13H8Cl2FNO3. The van der Waals surface area contributed by atoms with E-state index in [1.54, 1.807) is 0 Å². The van der Waals surface area contributed by atoms with Gasteiger partial charge in [-0.1, -0.05) is 23.2 Å². The smallest absolute Gasteiger partial charge is 0.270 e. The Labute approximate surface area is 123 Å². The second kappa shape index (κ2) is 6.07. The van der Waals surface area contributed by atoms with Crippen LogP contribution < -0.4 is 4.74 Å². The van der Waals surface area contributed by atoms with E-state index in [0.29, 0.717) is 11.3 Å².